The van der Waals surface area contributed by atoms with Crippen LogP contribution in [-0.2, 0) is 11.0 Å². The molecule has 1 atom stereocenters. The highest BCUT2D eigenvalue weighted by Gasteiger charge is 2.35. The van der Waals surface area contributed by atoms with Gasteiger partial charge in [0.05, 0.1) is 5.56 Å². The fourth-order valence-corrected chi connectivity index (χ4v) is 2.17. The molecule has 0 heterocycles. The average molecular weight is 407 g/mol. The lowest BCUT2D eigenvalue weighted by Crippen LogP contribution is -2.45. The van der Waals surface area contributed by atoms with Crippen LogP contribution < -0.4 is 10.1 Å². The molecule has 0 bridgehead atoms. The minimum absolute atomic E-state index is 0.0607. The van der Waals surface area contributed by atoms with Gasteiger partial charge in [0.15, 0.2) is 23.0 Å². The fourth-order valence-electron chi connectivity index (χ4n) is 2.17. The lowest BCUT2D eigenvalue weighted by Gasteiger charge is -2.23. The number of carbonyl (C=O) groups is 1. The van der Waals surface area contributed by atoms with E-state index in [1.807, 2.05) is 0 Å². The monoisotopic (exact) mass is 407 g/mol. The van der Waals surface area contributed by atoms with Gasteiger partial charge in [-0.2, -0.15) is 17.6 Å². The Morgan fingerprint density at radius 1 is 1.11 bits per heavy atom. The Labute approximate surface area is 155 Å². The van der Waals surface area contributed by atoms with Crippen LogP contribution in [0.3, 0.4) is 0 Å². The first-order valence-corrected chi connectivity index (χ1v) is 7.81. The molecular formula is C18H15F6NO3. The molecule has 0 aliphatic rings. The van der Waals surface area contributed by atoms with Crippen molar-refractivity contribution in [1.29, 1.82) is 0 Å². The molecule has 28 heavy (non-hydrogen) atoms. The fraction of sp³-hybridized carbons (Fsp3) is 0.278. The molecule has 0 fully saturated rings. The van der Waals surface area contributed by atoms with Gasteiger partial charge in [-0.1, -0.05) is 6.07 Å². The predicted molar refractivity (Wildman–Crippen MR) is 87.2 cm³/mol. The Bertz CT molecular complexity index is 896. The number of hydrogen-bond acceptors (Lipinski definition) is 3. The number of benzene rings is 2. The van der Waals surface area contributed by atoms with Crippen LogP contribution >= 0.6 is 0 Å². The van der Waals surface area contributed by atoms with Gasteiger partial charge in [0, 0.05) is 5.69 Å². The normalized spacial score (nSPS) is 13.8. The van der Waals surface area contributed by atoms with Crippen molar-refractivity contribution in [3.63, 3.8) is 0 Å². The molecule has 152 valence electrons. The van der Waals surface area contributed by atoms with E-state index in [9.17, 15) is 36.2 Å². The van der Waals surface area contributed by atoms with Crippen molar-refractivity contribution in [2.24, 2.45) is 0 Å². The highest BCUT2D eigenvalue weighted by atomic mass is 19.4. The van der Waals surface area contributed by atoms with Gasteiger partial charge in [0.1, 0.15) is 6.61 Å². The van der Waals surface area contributed by atoms with Crippen LogP contribution in [0.25, 0.3) is 0 Å². The first-order valence-electron chi connectivity index (χ1n) is 7.81. The largest absolute Gasteiger partial charge is 0.487 e. The van der Waals surface area contributed by atoms with Crippen molar-refractivity contribution >= 4 is 11.6 Å². The molecule has 0 spiro atoms. The zero-order valence-corrected chi connectivity index (χ0v) is 14.6. The van der Waals surface area contributed by atoms with E-state index in [1.165, 1.54) is 13.0 Å². The maximum absolute atomic E-state index is 13.6. The Kier molecular flexibility index (Phi) is 5.93. The van der Waals surface area contributed by atoms with Crippen LogP contribution in [0.4, 0.5) is 32.0 Å². The number of aryl methyl sites for hydroxylation is 1. The van der Waals surface area contributed by atoms with Crippen molar-refractivity contribution < 1.29 is 41.0 Å². The molecular weight excluding hydrogens is 392 g/mol. The van der Waals surface area contributed by atoms with Gasteiger partial charge in [-0.25, -0.2) is 8.78 Å². The van der Waals surface area contributed by atoms with E-state index in [-0.39, 0.29) is 11.3 Å². The number of rotatable bonds is 5. The van der Waals surface area contributed by atoms with E-state index < -0.39 is 53.1 Å². The predicted octanol–water partition coefficient (Wildman–Crippen LogP) is 4.20. The summed E-state index contributed by atoms with van der Waals surface area (Å²) < 4.78 is 83.2. The van der Waals surface area contributed by atoms with Crippen LogP contribution in [0.2, 0.25) is 0 Å². The van der Waals surface area contributed by atoms with Crippen molar-refractivity contribution in [1.82, 2.24) is 0 Å². The van der Waals surface area contributed by atoms with Crippen molar-refractivity contribution in [2.75, 3.05) is 11.9 Å². The second-order valence-corrected chi connectivity index (χ2v) is 6.22. The molecule has 2 rings (SSSR count). The van der Waals surface area contributed by atoms with Crippen molar-refractivity contribution in [3.05, 3.63) is 58.9 Å². The first-order chi connectivity index (χ1) is 12.8. The Hall–Kier alpha value is -2.75. The quantitative estimate of drug-likeness (QED) is 0.577. The van der Waals surface area contributed by atoms with Gasteiger partial charge in [-0.3, -0.25) is 4.79 Å². The number of carbonyl (C=O) groups excluding carboxylic acids is 1. The third kappa shape index (κ3) is 4.75. The molecule has 0 saturated carbocycles. The van der Waals surface area contributed by atoms with E-state index in [0.29, 0.717) is 12.1 Å². The van der Waals surface area contributed by atoms with Crippen molar-refractivity contribution in [3.8, 4) is 5.75 Å². The molecule has 0 unspecified atom stereocenters. The molecule has 4 nitrogen and oxygen atoms in total. The van der Waals surface area contributed by atoms with Gasteiger partial charge in [0.2, 0.25) is 5.82 Å². The van der Waals surface area contributed by atoms with Crippen LogP contribution in [-0.4, -0.2) is 23.2 Å². The summed E-state index contributed by atoms with van der Waals surface area (Å²) in [6.07, 6.45) is -4.64. The molecule has 0 aromatic heterocycles. The highest BCUT2D eigenvalue weighted by molar-refractivity contribution is 5.97. The molecule has 0 saturated heterocycles. The molecule has 2 aromatic rings. The van der Waals surface area contributed by atoms with E-state index >= 15 is 0 Å². The summed E-state index contributed by atoms with van der Waals surface area (Å²) in [7, 11) is 0. The molecule has 0 aliphatic heterocycles. The lowest BCUT2D eigenvalue weighted by molar-refractivity contribution is -0.138. The summed E-state index contributed by atoms with van der Waals surface area (Å²) in [6, 6.07) is 4.39. The summed E-state index contributed by atoms with van der Waals surface area (Å²) in [4.78, 5) is 12.2. The van der Waals surface area contributed by atoms with Gasteiger partial charge in [0.25, 0.3) is 5.91 Å². The number of ether oxygens (including phenoxy) is 1. The summed E-state index contributed by atoms with van der Waals surface area (Å²) in [6.45, 7) is 1.33. The number of amides is 1. The maximum Gasteiger partial charge on any atom is 0.416 e. The Morgan fingerprint density at radius 3 is 2.36 bits per heavy atom. The van der Waals surface area contributed by atoms with Gasteiger partial charge < -0.3 is 15.2 Å². The second-order valence-electron chi connectivity index (χ2n) is 6.22. The van der Waals surface area contributed by atoms with Gasteiger partial charge in [-0.15, -0.1) is 0 Å². The van der Waals surface area contributed by atoms with E-state index in [0.717, 1.165) is 19.1 Å². The van der Waals surface area contributed by atoms with Crippen LogP contribution in [0, 0.1) is 24.4 Å². The Morgan fingerprint density at radius 2 is 1.75 bits per heavy atom. The molecule has 1 amide bonds. The van der Waals surface area contributed by atoms with E-state index in [4.69, 9.17) is 4.74 Å². The number of alkyl halides is 3. The molecule has 0 aliphatic carbocycles. The third-order valence-corrected chi connectivity index (χ3v) is 3.80. The minimum Gasteiger partial charge on any atom is -0.487 e. The molecule has 2 aromatic carbocycles. The Balaban J connectivity index is 2.12. The minimum atomic E-state index is -4.64. The molecule has 10 heteroatoms. The zero-order chi connectivity index (χ0) is 21.3. The molecule has 0 radical (unpaired) electrons. The second kappa shape index (κ2) is 7.70. The van der Waals surface area contributed by atoms with E-state index in [2.05, 4.69) is 5.32 Å². The SMILES string of the molecule is Cc1ccc(NC(=O)[C@](C)(O)COc2ccc(F)c(F)c2F)cc1C(F)(F)F. The van der Waals surface area contributed by atoms with Crippen LogP contribution in [0.15, 0.2) is 30.3 Å². The number of hydrogen-bond donors (Lipinski definition) is 2. The number of nitrogens with one attached hydrogen (secondary N) is 1. The van der Waals surface area contributed by atoms with Crippen LogP contribution in [0.1, 0.15) is 18.1 Å². The summed E-state index contributed by atoms with van der Waals surface area (Å²) >= 11 is 0. The highest BCUT2D eigenvalue weighted by Crippen LogP contribution is 2.33. The number of anilines is 1. The smallest absolute Gasteiger partial charge is 0.416 e. The third-order valence-electron chi connectivity index (χ3n) is 3.80. The van der Waals surface area contributed by atoms with Crippen molar-refractivity contribution in [2.45, 2.75) is 25.6 Å². The van der Waals surface area contributed by atoms with E-state index in [1.54, 1.807) is 0 Å². The van der Waals surface area contributed by atoms with Crippen LogP contribution in [0.5, 0.6) is 5.75 Å². The topological polar surface area (TPSA) is 58.6 Å². The summed E-state index contributed by atoms with van der Waals surface area (Å²) in [5.74, 6) is -6.78. The average Bonchev–Trinajstić information content (AvgIpc) is 2.59. The standard InChI is InChI=1S/C18H15F6NO3/c1-9-3-4-10(7-11(9)18(22,23)24)25-16(26)17(2,27)8-28-13-6-5-12(19)14(20)15(13)21/h3-7,27H,8H2,1-2H3,(H,25,26)/t17-/m1/s1. The number of aliphatic hydroxyl groups is 1. The first kappa shape index (κ1) is 21.5. The van der Waals surface area contributed by atoms with Gasteiger partial charge in [-0.05, 0) is 43.7 Å². The zero-order valence-electron chi connectivity index (χ0n) is 14.6. The summed E-state index contributed by atoms with van der Waals surface area (Å²) in [5.41, 5.74) is -3.58. The summed E-state index contributed by atoms with van der Waals surface area (Å²) in [5, 5.41) is 12.3. The van der Waals surface area contributed by atoms with Gasteiger partial charge >= 0.3 is 6.18 Å². The lowest BCUT2D eigenvalue weighted by atomic mass is 10.1. The maximum atomic E-state index is 13.6. The molecule has 2 N–H and O–H groups in total. The number of halogens is 6.